The maximum absolute atomic E-state index is 10.2. The molecule has 12 heavy (non-hydrogen) atoms. The van der Waals surface area contributed by atoms with Crippen molar-refractivity contribution in [2.75, 3.05) is 6.16 Å². The van der Waals surface area contributed by atoms with Gasteiger partial charge in [0.1, 0.15) is 6.16 Å². The zero-order valence-corrected chi connectivity index (χ0v) is 7.61. The quantitative estimate of drug-likeness (QED) is 0.504. The van der Waals surface area contributed by atoms with Gasteiger partial charge in [0.15, 0.2) is 18.9 Å². The number of hydrogen-bond donors (Lipinski definition) is 0. The summed E-state index contributed by atoms with van der Waals surface area (Å²) < 4.78 is 12.2. The summed E-state index contributed by atoms with van der Waals surface area (Å²) in [5.74, 6) is 0. The molecule has 0 amide bonds. The van der Waals surface area contributed by atoms with Crippen LogP contribution >= 0.6 is 8.03 Å². The summed E-state index contributed by atoms with van der Waals surface area (Å²) in [6.07, 6.45) is 4.82. The Hall–Kier alpha value is -0.790. The summed E-state index contributed by atoms with van der Waals surface area (Å²) in [6.45, 7) is 0.768. The highest BCUT2D eigenvalue weighted by Crippen LogP contribution is 2.07. The van der Waals surface area contributed by atoms with E-state index in [1.54, 1.807) is 0 Å². The van der Waals surface area contributed by atoms with Gasteiger partial charge in [-0.1, -0.05) is 10.6 Å². The Balaban J connectivity index is 2.29. The highest BCUT2D eigenvalue weighted by atomic mass is 31.1. The molecule has 0 saturated heterocycles. The molecule has 1 rings (SSSR count). The summed E-state index contributed by atoms with van der Waals surface area (Å²) in [6, 6.07) is 5.79. The smallest absolute Gasteiger partial charge is 0.309 e. The predicted molar refractivity (Wildman–Crippen MR) is 43.7 cm³/mol. The van der Waals surface area contributed by atoms with Gasteiger partial charge in [-0.05, 0) is 0 Å². The van der Waals surface area contributed by atoms with Crippen molar-refractivity contribution >= 4 is 8.03 Å². The third kappa shape index (κ3) is 3.56. The Kier molecular flexibility index (Phi) is 3.85. The van der Waals surface area contributed by atoms with E-state index in [2.05, 4.69) is 0 Å². The molecule has 0 saturated carbocycles. The van der Waals surface area contributed by atoms with E-state index in [-0.39, 0.29) is 6.16 Å². The maximum atomic E-state index is 10.2. The summed E-state index contributed by atoms with van der Waals surface area (Å²) in [4.78, 5) is 10.2. The molecule has 0 aromatic carbocycles. The fraction of sp³-hybridized carbons (Fsp3) is 0.375. The normalized spacial score (nSPS) is 11.2. The van der Waals surface area contributed by atoms with Gasteiger partial charge in [0, 0.05) is 12.1 Å². The van der Waals surface area contributed by atoms with E-state index < -0.39 is 8.03 Å². The van der Waals surface area contributed by atoms with Crippen LogP contribution in [0.2, 0.25) is 0 Å². The van der Waals surface area contributed by atoms with E-state index in [1.165, 1.54) is 0 Å². The number of hydrogen-bond acceptors (Lipinski definition) is 2. The van der Waals surface area contributed by atoms with E-state index in [0.717, 1.165) is 6.54 Å². The number of aryl methyl sites for hydroxylation is 1. The second-order valence-electron chi connectivity index (χ2n) is 2.52. The Labute approximate surface area is 72.5 Å². The van der Waals surface area contributed by atoms with Crippen molar-refractivity contribution in [2.24, 2.45) is 0 Å². The maximum Gasteiger partial charge on any atom is 0.309 e. The van der Waals surface area contributed by atoms with Crippen molar-refractivity contribution in [3.05, 3.63) is 30.6 Å². The topological polar surface area (TPSA) is 44.0 Å². The van der Waals surface area contributed by atoms with Crippen molar-refractivity contribution < 1.29 is 14.0 Å². The number of rotatable bonds is 4. The largest absolute Gasteiger partial charge is 0.596 e. The lowest BCUT2D eigenvalue weighted by Crippen LogP contribution is -2.32. The van der Waals surface area contributed by atoms with Gasteiger partial charge in [0.25, 0.3) is 0 Å². The first-order valence-corrected chi connectivity index (χ1v) is 5.21. The van der Waals surface area contributed by atoms with Crippen LogP contribution < -0.4 is 9.46 Å². The van der Waals surface area contributed by atoms with Crippen LogP contribution in [0.4, 0.5) is 0 Å². The molecule has 0 fully saturated rings. The van der Waals surface area contributed by atoms with Gasteiger partial charge in [-0.3, -0.25) is 0 Å². The van der Waals surface area contributed by atoms with Crippen molar-refractivity contribution in [1.29, 1.82) is 0 Å². The molecule has 3 nitrogen and oxygen atoms in total. The Morgan fingerprint density at radius 1 is 1.25 bits per heavy atom. The van der Waals surface area contributed by atoms with Gasteiger partial charge in [-0.15, -0.1) is 0 Å². The second kappa shape index (κ2) is 4.96. The summed E-state index contributed by atoms with van der Waals surface area (Å²) >= 11 is 0. The van der Waals surface area contributed by atoms with E-state index in [0.29, 0.717) is 6.42 Å². The van der Waals surface area contributed by atoms with Crippen LogP contribution in [0.1, 0.15) is 6.42 Å². The average molecular weight is 184 g/mol. The molecule has 1 unspecified atom stereocenters. The lowest BCUT2D eigenvalue weighted by molar-refractivity contribution is -0.696. The fourth-order valence-corrected chi connectivity index (χ4v) is 1.37. The van der Waals surface area contributed by atoms with E-state index >= 15 is 0 Å². The number of pyridine rings is 1. The van der Waals surface area contributed by atoms with Gasteiger partial charge in [0.2, 0.25) is 0 Å². The molecule has 1 heterocycles. The molecule has 0 N–H and O–H groups in total. The predicted octanol–water partition coefficient (Wildman–Crippen LogP) is 0.467. The Morgan fingerprint density at radius 3 is 2.50 bits per heavy atom. The standard InChI is InChI=1S/C8H11NO2P/c10-12(11)8-4-7-9-5-2-1-3-6-9/h1-3,5-6H,4,7-8H2/q+1. The molecular weight excluding hydrogens is 173 g/mol. The van der Waals surface area contributed by atoms with Crippen LogP contribution in [0.5, 0.6) is 0 Å². The fourth-order valence-electron chi connectivity index (χ4n) is 0.966. The van der Waals surface area contributed by atoms with Crippen molar-refractivity contribution in [2.45, 2.75) is 13.0 Å². The van der Waals surface area contributed by atoms with Crippen LogP contribution in [-0.2, 0) is 11.1 Å². The summed E-state index contributed by atoms with van der Waals surface area (Å²) in [5.41, 5.74) is 0. The van der Waals surface area contributed by atoms with Crippen LogP contribution in [-0.4, -0.2) is 6.16 Å². The number of aromatic nitrogens is 1. The molecule has 1 aromatic rings. The molecule has 1 atom stereocenters. The van der Waals surface area contributed by atoms with Crippen LogP contribution in [0.3, 0.4) is 0 Å². The van der Waals surface area contributed by atoms with Crippen molar-refractivity contribution in [1.82, 2.24) is 0 Å². The third-order valence-corrected chi connectivity index (χ3v) is 2.22. The molecule has 0 radical (unpaired) electrons. The zero-order valence-electron chi connectivity index (χ0n) is 6.72. The molecule has 1 aromatic heterocycles. The SMILES string of the molecule is O=[P+]([O-])CCC[n+]1ccccc1. The first kappa shape index (κ1) is 9.30. The monoisotopic (exact) mass is 184 g/mol. The third-order valence-electron chi connectivity index (χ3n) is 1.53. The summed E-state index contributed by atoms with van der Waals surface area (Å²) in [5, 5.41) is 0. The van der Waals surface area contributed by atoms with Crippen LogP contribution in [0.25, 0.3) is 0 Å². The Bertz CT molecular complexity index is 250. The lowest BCUT2D eigenvalue weighted by atomic mass is 10.4. The summed E-state index contributed by atoms with van der Waals surface area (Å²) in [7, 11) is -2.21. The highest BCUT2D eigenvalue weighted by Gasteiger charge is 2.03. The van der Waals surface area contributed by atoms with Crippen molar-refractivity contribution in [3.63, 3.8) is 0 Å². The zero-order chi connectivity index (χ0) is 8.81. The molecule has 64 valence electrons. The first-order valence-electron chi connectivity index (χ1n) is 3.85. The minimum atomic E-state index is -2.21. The molecule has 4 heteroatoms. The van der Waals surface area contributed by atoms with E-state index in [4.69, 9.17) is 0 Å². The molecular formula is C8H11NO2P+. The molecule has 0 aliphatic rings. The van der Waals surface area contributed by atoms with Gasteiger partial charge in [-0.25, -0.2) is 4.57 Å². The highest BCUT2D eigenvalue weighted by molar-refractivity contribution is 7.36. The first-order chi connectivity index (χ1) is 5.79. The minimum absolute atomic E-state index is 0.275. The van der Waals surface area contributed by atoms with Gasteiger partial charge >= 0.3 is 8.03 Å². The van der Waals surface area contributed by atoms with Gasteiger partial charge in [-0.2, -0.15) is 0 Å². The lowest BCUT2D eigenvalue weighted by Gasteiger charge is -1.91. The molecule has 0 bridgehead atoms. The molecule has 0 aliphatic heterocycles. The van der Waals surface area contributed by atoms with E-state index in [1.807, 2.05) is 35.2 Å². The van der Waals surface area contributed by atoms with Crippen LogP contribution in [0.15, 0.2) is 30.6 Å². The average Bonchev–Trinajstić information content (AvgIpc) is 2.05. The van der Waals surface area contributed by atoms with Gasteiger partial charge in [0.05, 0.1) is 6.42 Å². The van der Waals surface area contributed by atoms with Crippen molar-refractivity contribution in [3.8, 4) is 0 Å². The van der Waals surface area contributed by atoms with Crippen LogP contribution in [0, 0.1) is 0 Å². The minimum Gasteiger partial charge on any atom is -0.596 e. The molecule has 0 spiro atoms. The van der Waals surface area contributed by atoms with Gasteiger partial charge < -0.3 is 4.89 Å². The van der Waals surface area contributed by atoms with E-state index in [9.17, 15) is 9.46 Å². The molecule has 0 aliphatic carbocycles. The second-order valence-corrected chi connectivity index (χ2v) is 3.64. The Morgan fingerprint density at radius 2 is 1.92 bits per heavy atom. The number of nitrogens with zero attached hydrogens (tertiary/aromatic N) is 1.